The lowest BCUT2D eigenvalue weighted by Gasteiger charge is -2.17. The van der Waals surface area contributed by atoms with Crippen LogP contribution >= 0.6 is 0 Å². The van der Waals surface area contributed by atoms with Crippen LogP contribution in [-0.2, 0) is 6.42 Å². The van der Waals surface area contributed by atoms with Gasteiger partial charge in [-0.1, -0.05) is 24.3 Å². The van der Waals surface area contributed by atoms with Crippen molar-refractivity contribution in [1.82, 2.24) is 15.0 Å². The first-order chi connectivity index (χ1) is 13.7. The molecule has 1 aliphatic rings. The molecule has 1 unspecified atom stereocenters. The molecule has 0 saturated heterocycles. The molecule has 140 valence electrons. The molecule has 2 aromatic heterocycles. The Morgan fingerprint density at radius 1 is 1.14 bits per heavy atom. The van der Waals surface area contributed by atoms with Gasteiger partial charge in [-0.2, -0.15) is 0 Å². The fraction of sp³-hybridized carbons (Fsp3) is 0.217. The number of pyridine rings is 1. The van der Waals surface area contributed by atoms with Crippen LogP contribution in [0.4, 0.5) is 11.5 Å². The molecule has 0 aliphatic heterocycles. The van der Waals surface area contributed by atoms with Gasteiger partial charge in [0.25, 0.3) is 0 Å². The Hall–Kier alpha value is -3.34. The van der Waals surface area contributed by atoms with Gasteiger partial charge in [0.1, 0.15) is 5.82 Å². The van der Waals surface area contributed by atoms with Crippen LogP contribution in [0.5, 0.6) is 0 Å². The van der Waals surface area contributed by atoms with Gasteiger partial charge in [-0.05, 0) is 55.2 Å². The topological polar surface area (TPSA) is 79.6 Å². The summed E-state index contributed by atoms with van der Waals surface area (Å²) in [5, 5.41) is 4.63. The third-order valence-electron chi connectivity index (χ3n) is 5.75. The Kier molecular flexibility index (Phi) is 4.01. The van der Waals surface area contributed by atoms with Gasteiger partial charge in [-0.25, -0.2) is 9.97 Å². The number of hydrogen-bond donors (Lipinski definition) is 3. The van der Waals surface area contributed by atoms with Gasteiger partial charge in [0.2, 0.25) is 0 Å². The number of benzene rings is 2. The number of aromatic amines is 1. The van der Waals surface area contributed by atoms with Crippen molar-refractivity contribution in [2.45, 2.75) is 31.7 Å². The number of anilines is 2. The Morgan fingerprint density at radius 3 is 2.89 bits per heavy atom. The summed E-state index contributed by atoms with van der Waals surface area (Å²) < 4.78 is 0. The Bertz CT molecular complexity index is 1130. The molecular weight excluding hydrogens is 346 g/mol. The first-order valence-corrected chi connectivity index (χ1v) is 9.72. The summed E-state index contributed by atoms with van der Waals surface area (Å²) in [7, 11) is 0. The average Bonchev–Trinajstić information content (AvgIpc) is 3.38. The molecule has 0 bridgehead atoms. The van der Waals surface area contributed by atoms with Crippen LogP contribution in [0.2, 0.25) is 0 Å². The van der Waals surface area contributed by atoms with E-state index in [4.69, 9.17) is 10.7 Å². The van der Waals surface area contributed by atoms with Crippen LogP contribution in [0.3, 0.4) is 0 Å². The number of rotatable bonds is 4. The van der Waals surface area contributed by atoms with Crippen molar-refractivity contribution in [3.8, 4) is 0 Å². The SMILES string of the molecule is C[C@@H](Nc1ccc2nc(N)c(C3CCc4ccccc43)cc2c1)c1cnc[nH]1. The normalized spacial score (nSPS) is 16.8. The van der Waals surface area contributed by atoms with Gasteiger partial charge < -0.3 is 16.0 Å². The highest BCUT2D eigenvalue weighted by Crippen LogP contribution is 2.40. The molecule has 0 spiro atoms. The second-order valence-electron chi connectivity index (χ2n) is 7.53. The third-order valence-corrected chi connectivity index (χ3v) is 5.75. The molecule has 0 saturated carbocycles. The largest absolute Gasteiger partial charge is 0.383 e. The molecule has 4 aromatic rings. The summed E-state index contributed by atoms with van der Waals surface area (Å²) in [4.78, 5) is 12.0. The van der Waals surface area contributed by atoms with E-state index in [2.05, 4.69) is 58.6 Å². The lowest BCUT2D eigenvalue weighted by atomic mass is 9.92. The fourth-order valence-corrected chi connectivity index (χ4v) is 4.29. The molecule has 5 heteroatoms. The zero-order chi connectivity index (χ0) is 19.1. The number of fused-ring (bicyclic) bond motifs is 2. The lowest BCUT2D eigenvalue weighted by Crippen LogP contribution is -2.07. The second-order valence-corrected chi connectivity index (χ2v) is 7.53. The van der Waals surface area contributed by atoms with E-state index in [-0.39, 0.29) is 6.04 Å². The maximum absolute atomic E-state index is 6.37. The predicted molar refractivity (Wildman–Crippen MR) is 113 cm³/mol. The van der Waals surface area contributed by atoms with E-state index in [1.807, 2.05) is 18.3 Å². The van der Waals surface area contributed by atoms with E-state index in [1.54, 1.807) is 6.33 Å². The molecular formula is C23H23N5. The molecule has 0 radical (unpaired) electrons. The number of imidazole rings is 1. The summed E-state index contributed by atoms with van der Waals surface area (Å²) in [6.45, 7) is 2.11. The average molecular weight is 369 g/mol. The molecule has 4 N–H and O–H groups in total. The Labute approximate surface area is 164 Å². The highest BCUT2D eigenvalue weighted by atomic mass is 15.0. The van der Waals surface area contributed by atoms with E-state index in [0.29, 0.717) is 11.7 Å². The highest BCUT2D eigenvalue weighted by Gasteiger charge is 2.25. The van der Waals surface area contributed by atoms with Crippen molar-refractivity contribution in [3.63, 3.8) is 0 Å². The van der Waals surface area contributed by atoms with Crippen molar-refractivity contribution < 1.29 is 0 Å². The van der Waals surface area contributed by atoms with Crippen LogP contribution in [0.15, 0.2) is 61.1 Å². The quantitative estimate of drug-likeness (QED) is 0.483. The number of aromatic nitrogens is 3. The zero-order valence-electron chi connectivity index (χ0n) is 15.8. The number of nitrogens with zero attached hydrogens (tertiary/aromatic N) is 2. The summed E-state index contributed by atoms with van der Waals surface area (Å²) in [5.74, 6) is 0.967. The Balaban J connectivity index is 1.51. The number of nitrogens with one attached hydrogen (secondary N) is 2. The van der Waals surface area contributed by atoms with Gasteiger partial charge in [-0.3, -0.25) is 0 Å². The number of hydrogen-bond acceptors (Lipinski definition) is 4. The Morgan fingerprint density at radius 2 is 2.04 bits per heavy atom. The van der Waals surface area contributed by atoms with Crippen LogP contribution < -0.4 is 11.1 Å². The van der Waals surface area contributed by atoms with E-state index in [1.165, 1.54) is 11.1 Å². The van der Waals surface area contributed by atoms with Crippen LogP contribution in [0.1, 0.15) is 47.7 Å². The van der Waals surface area contributed by atoms with Crippen LogP contribution in [-0.4, -0.2) is 15.0 Å². The molecule has 1 aliphatic carbocycles. The molecule has 5 nitrogen and oxygen atoms in total. The first kappa shape index (κ1) is 16.8. The number of H-pyrrole nitrogens is 1. The van der Waals surface area contributed by atoms with Gasteiger partial charge in [0, 0.05) is 28.8 Å². The van der Waals surface area contributed by atoms with Gasteiger partial charge in [0.05, 0.1) is 23.6 Å². The number of nitrogen functional groups attached to an aromatic ring is 1. The lowest BCUT2D eigenvalue weighted by molar-refractivity contribution is 0.788. The molecule has 28 heavy (non-hydrogen) atoms. The molecule has 2 atom stereocenters. The fourth-order valence-electron chi connectivity index (χ4n) is 4.29. The monoisotopic (exact) mass is 369 g/mol. The van der Waals surface area contributed by atoms with Crippen LogP contribution in [0, 0.1) is 0 Å². The minimum Gasteiger partial charge on any atom is -0.383 e. The van der Waals surface area contributed by atoms with Gasteiger partial charge >= 0.3 is 0 Å². The second kappa shape index (κ2) is 6.68. The molecule has 2 aromatic carbocycles. The van der Waals surface area contributed by atoms with Gasteiger partial charge in [-0.15, -0.1) is 0 Å². The number of nitrogens with two attached hydrogens (primary N) is 1. The zero-order valence-corrected chi connectivity index (χ0v) is 15.8. The van der Waals surface area contributed by atoms with E-state index in [0.717, 1.165) is 40.7 Å². The molecule has 5 rings (SSSR count). The van der Waals surface area contributed by atoms with Crippen molar-refractivity contribution in [1.29, 1.82) is 0 Å². The number of aryl methyl sites for hydroxylation is 1. The van der Waals surface area contributed by atoms with Crippen molar-refractivity contribution >= 4 is 22.4 Å². The minimum atomic E-state index is 0.142. The first-order valence-electron chi connectivity index (χ1n) is 9.72. The smallest absolute Gasteiger partial charge is 0.127 e. The van der Waals surface area contributed by atoms with E-state index < -0.39 is 0 Å². The maximum Gasteiger partial charge on any atom is 0.127 e. The molecule has 0 amide bonds. The molecule has 0 fully saturated rings. The summed E-state index contributed by atoms with van der Waals surface area (Å²) in [6, 6.07) is 17.3. The summed E-state index contributed by atoms with van der Waals surface area (Å²) >= 11 is 0. The van der Waals surface area contributed by atoms with E-state index >= 15 is 0 Å². The summed E-state index contributed by atoms with van der Waals surface area (Å²) in [6.07, 6.45) is 5.73. The standard InChI is InChI=1S/C23H23N5/c1-14(22-12-25-13-26-22)27-17-7-9-21-16(10-17)11-20(23(24)28-21)19-8-6-15-4-2-3-5-18(15)19/h2-5,7,9-14,19,27H,6,8H2,1H3,(H2,24,28)(H,25,26)/t14-,19?/m1/s1. The van der Waals surface area contributed by atoms with E-state index in [9.17, 15) is 0 Å². The predicted octanol–water partition coefficient (Wildman–Crippen LogP) is 4.79. The minimum absolute atomic E-state index is 0.142. The third kappa shape index (κ3) is 2.89. The van der Waals surface area contributed by atoms with Crippen molar-refractivity contribution in [2.24, 2.45) is 0 Å². The maximum atomic E-state index is 6.37. The summed E-state index contributed by atoms with van der Waals surface area (Å²) in [5.41, 5.74) is 13.3. The van der Waals surface area contributed by atoms with Gasteiger partial charge in [0.15, 0.2) is 0 Å². The van der Waals surface area contributed by atoms with Crippen molar-refractivity contribution in [3.05, 3.63) is 83.4 Å². The van der Waals surface area contributed by atoms with Crippen LogP contribution in [0.25, 0.3) is 10.9 Å². The van der Waals surface area contributed by atoms with Crippen molar-refractivity contribution in [2.75, 3.05) is 11.1 Å². The highest BCUT2D eigenvalue weighted by molar-refractivity contribution is 5.85. The molecule has 2 heterocycles.